The van der Waals surface area contributed by atoms with E-state index in [1.54, 1.807) is 0 Å². The first-order chi connectivity index (χ1) is 11.2. The van der Waals surface area contributed by atoms with Crippen molar-refractivity contribution in [3.05, 3.63) is 0 Å². The Balaban J connectivity index is 1.20. The van der Waals surface area contributed by atoms with Crippen molar-refractivity contribution in [1.82, 2.24) is 4.90 Å². The van der Waals surface area contributed by atoms with E-state index in [-0.39, 0.29) is 0 Å². The fraction of sp³-hybridized carbons (Fsp3) is 0.950. The molecule has 0 aromatic rings. The maximum Gasteiger partial charge on any atom is 0.122 e. The van der Waals surface area contributed by atoms with Crippen LogP contribution in [0.5, 0.6) is 0 Å². The van der Waals surface area contributed by atoms with Gasteiger partial charge in [-0.05, 0) is 95.1 Å². The summed E-state index contributed by atoms with van der Waals surface area (Å²) in [6.45, 7) is 2.18. The lowest BCUT2D eigenvalue weighted by Crippen LogP contribution is -2.48. The molecule has 23 heavy (non-hydrogen) atoms. The summed E-state index contributed by atoms with van der Waals surface area (Å²) in [7, 11) is 2.28. The molecule has 1 saturated heterocycles. The minimum Gasteiger partial charge on any atom is -0.395 e. The molecule has 3 nitrogen and oxygen atoms in total. The Labute approximate surface area is 140 Å². The Morgan fingerprint density at radius 2 is 1.78 bits per heavy atom. The van der Waals surface area contributed by atoms with Gasteiger partial charge in [0.05, 0.1) is 5.71 Å². The predicted molar refractivity (Wildman–Crippen MR) is 92.4 cm³/mol. The minimum atomic E-state index is 0.500. The summed E-state index contributed by atoms with van der Waals surface area (Å²) in [6.07, 6.45) is 13.9. The predicted octanol–water partition coefficient (Wildman–Crippen LogP) is 4.08. The highest BCUT2D eigenvalue weighted by atomic mass is 16.6. The van der Waals surface area contributed by atoms with Gasteiger partial charge in [-0.25, -0.2) is 0 Å². The standard InChI is InChI=1S/C20H32N2O/c1-22-5-4-17-2-3-18(9-19(17)22)21-23-13-20-10-14-6-15(11-20)8-16(7-14)12-20/h14-17,19H,2-13H2,1H3/b21-18+/t14?,15?,16?,17?,19-,20?/m0/s1. The average Bonchev–Trinajstić information content (AvgIpc) is 2.87. The van der Waals surface area contributed by atoms with Crippen LogP contribution in [-0.4, -0.2) is 36.9 Å². The average molecular weight is 316 g/mol. The molecule has 6 aliphatic rings. The topological polar surface area (TPSA) is 24.8 Å². The third-order valence-corrected chi connectivity index (χ3v) is 7.94. The molecule has 6 rings (SSSR count). The quantitative estimate of drug-likeness (QED) is 0.733. The lowest BCUT2D eigenvalue weighted by atomic mass is 9.50. The van der Waals surface area contributed by atoms with Crippen molar-refractivity contribution >= 4 is 5.71 Å². The second kappa shape index (κ2) is 5.47. The summed E-state index contributed by atoms with van der Waals surface area (Å²) in [5, 5.41) is 4.64. The summed E-state index contributed by atoms with van der Waals surface area (Å²) in [5.74, 6) is 3.96. The molecule has 0 spiro atoms. The molecular formula is C20H32N2O. The van der Waals surface area contributed by atoms with Gasteiger partial charge in [-0.15, -0.1) is 0 Å². The second-order valence-corrected chi connectivity index (χ2v) is 9.69. The molecule has 3 heteroatoms. The highest BCUT2D eigenvalue weighted by molar-refractivity contribution is 5.85. The van der Waals surface area contributed by atoms with Crippen molar-refractivity contribution in [3.63, 3.8) is 0 Å². The van der Waals surface area contributed by atoms with Gasteiger partial charge in [-0.3, -0.25) is 0 Å². The number of rotatable bonds is 3. The molecule has 6 fully saturated rings. The second-order valence-electron chi connectivity index (χ2n) is 9.69. The van der Waals surface area contributed by atoms with Gasteiger partial charge in [0.15, 0.2) is 0 Å². The van der Waals surface area contributed by atoms with E-state index < -0.39 is 0 Å². The maximum atomic E-state index is 6.01. The Hall–Kier alpha value is -0.570. The lowest BCUT2D eigenvalue weighted by molar-refractivity contribution is -0.0961. The van der Waals surface area contributed by atoms with Crippen molar-refractivity contribution in [3.8, 4) is 0 Å². The number of oxime groups is 1. The van der Waals surface area contributed by atoms with Crippen LogP contribution >= 0.6 is 0 Å². The molecule has 1 aliphatic heterocycles. The number of hydrogen-bond donors (Lipinski definition) is 0. The molecule has 0 amide bonds. The number of nitrogens with zero attached hydrogens (tertiary/aromatic N) is 2. The third-order valence-electron chi connectivity index (χ3n) is 7.94. The summed E-state index contributed by atoms with van der Waals surface area (Å²) >= 11 is 0. The van der Waals surface area contributed by atoms with Crippen molar-refractivity contribution in [2.24, 2.45) is 34.2 Å². The van der Waals surface area contributed by atoms with E-state index in [0.717, 1.165) is 42.7 Å². The first-order valence-electron chi connectivity index (χ1n) is 10.1. The molecule has 0 aromatic carbocycles. The Morgan fingerprint density at radius 1 is 1.09 bits per heavy atom. The van der Waals surface area contributed by atoms with E-state index in [4.69, 9.17) is 4.84 Å². The van der Waals surface area contributed by atoms with E-state index in [0.29, 0.717) is 5.41 Å². The van der Waals surface area contributed by atoms with Gasteiger partial charge in [0.25, 0.3) is 0 Å². The lowest BCUT2D eigenvalue weighted by Gasteiger charge is -2.56. The molecule has 1 heterocycles. The van der Waals surface area contributed by atoms with E-state index in [1.165, 1.54) is 70.0 Å². The summed E-state index contributed by atoms with van der Waals surface area (Å²) < 4.78 is 0. The Kier molecular flexibility index (Phi) is 3.51. The van der Waals surface area contributed by atoms with E-state index in [9.17, 15) is 0 Å². The maximum absolute atomic E-state index is 6.01. The minimum absolute atomic E-state index is 0.500. The molecule has 0 N–H and O–H groups in total. The van der Waals surface area contributed by atoms with E-state index >= 15 is 0 Å². The van der Waals surface area contributed by atoms with Crippen molar-refractivity contribution in [1.29, 1.82) is 0 Å². The molecular weight excluding hydrogens is 284 g/mol. The fourth-order valence-electron chi connectivity index (χ4n) is 7.25. The van der Waals surface area contributed by atoms with E-state index in [2.05, 4.69) is 17.1 Å². The summed E-state index contributed by atoms with van der Waals surface area (Å²) in [4.78, 5) is 8.55. The van der Waals surface area contributed by atoms with Crippen LogP contribution in [0.3, 0.4) is 0 Å². The summed E-state index contributed by atoms with van der Waals surface area (Å²) in [6, 6.07) is 0.741. The molecule has 5 aliphatic carbocycles. The van der Waals surface area contributed by atoms with Crippen LogP contribution in [0, 0.1) is 29.1 Å². The largest absolute Gasteiger partial charge is 0.395 e. The molecule has 128 valence electrons. The van der Waals surface area contributed by atoms with Crippen LogP contribution in [-0.2, 0) is 4.84 Å². The number of likely N-dealkylation sites (tertiary alicyclic amines) is 1. The molecule has 4 bridgehead atoms. The summed E-state index contributed by atoms with van der Waals surface area (Å²) in [5.41, 5.74) is 1.84. The smallest absolute Gasteiger partial charge is 0.122 e. The van der Waals surface area contributed by atoms with Gasteiger partial charge < -0.3 is 9.74 Å². The third kappa shape index (κ3) is 2.63. The van der Waals surface area contributed by atoms with Crippen LogP contribution in [0.15, 0.2) is 5.16 Å². The van der Waals surface area contributed by atoms with Crippen molar-refractivity contribution in [2.75, 3.05) is 20.2 Å². The highest BCUT2D eigenvalue weighted by Crippen LogP contribution is 2.60. The molecule has 5 saturated carbocycles. The van der Waals surface area contributed by atoms with Gasteiger partial charge in [-0.1, -0.05) is 5.16 Å². The number of fused-ring (bicyclic) bond motifs is 1. The SMILES string of the molecule is CN1CCC2CC/C(=N\OCC34CC5CC(CC(C5)C3)C4)C[C@@H]21. The van der Waals surface area contributed by atoms with Crippen LogP contribution < -0.4 is 0 Å². The molecule has 0 radical (unpaired) electrons. The van der Waals surface area contributed by atoms with E-state index in [1.807, 2.05) is 0 Å². The van der Waals surface area contributed by atoms with Crippen LogP contribution in [0.4, 0.5) is 0 Å². The van der Waals surface area contributed by atoms with Crippen LogP contribution in [0.25, 0.3) is 0 Å². The highest BCUT2D eigenvalue weighted by Gasteiger charge is 2.51. The fourth-order valence-corrected chi connectivity index (χ4v) is 7.25. The van der Waals surface area contributed by atoms with Gasteiger partial charge in [0.1, 0.15) is 6.61 Å². The molecule has 2 atom stereocenters. The van der Waals surface area contributed by atoms with Crippen LogP contribution in [0.2, 0.25) is 0 Å². The Morgan fingerprint density at radius 3 is 2.48 bits per heavy atom. The first-order valence-corrected chi connectivity index (χ1v) is 10.1. The van der Waals surface area contributed by atoms with Gasteiger partial charge in [0, 0.05) is 17.9 Å². The number of hydrogen-bond acceptors (Lipinski definition) is 3. The first kappa shape index (κ1) is 14.7. The monoisotopic (exact) mass is 316 g/mol. The van der Waals surface area contributed by atoms with Crippen molar-refractivity contribution < 1.29 is 4.84 Å². The van der Waals surface area contributed by atoms with Gasteiger partial charge in [0.2, 0.25) is 0 Å². The zero-order valence-electron chi connectivity index (χ0n) is 14.7. The van der Waals surface area contributed by atoms with Gasteiger partial charge in [-0.2, -0.15) is 0 Å². The zero-order chi connectivity index (χ0) is 15.4. The van der Waals surface area contributed by atoms with Gasteiger partial charge >= 0.3 is 0 Å². The molecule has 0 aromatic heterocycles. The van der Waals surface area contributed by atoms with Crippen molar-refractivity contribution in [2.45, 2.75) is 70.3 Å². The Bertz CT molecular complexity index is 465. The zero-order valence-corrected chi connectivity index (χ0v) is 14.7. The molecule has 1 unspecified atom stereocenters. The normalized spacial score (nSPS) is 50.5. The van der Waals surface area contributed by atoms with Crippen LogP contribution in [0.1, 0.15) is 64.2 Å².